The molecule has 2 aromatic rings. The summed E-state index contributed by atoms with van der Waals surface area (Å²) in [5.41, 5.74) is 0.899. The quantitative estimate of drug-likeness (QED) is 0.809. The van der Waals surface area contributed by atoms with Crippen LogP contribution in [0.1, 0.15) is 18.6 Å². The molecule has 0 amide bonds. The number of hydrogen-bond donors (Lipinski definition) is 3. The van der Waals surface area contributed by atoms with Crippen molar-refractivity contribution in [1.29, 1.82) is 0 Å². The highest BCUT2D eigenvalue weighted by Crippen LogP contribution is 2.33. The van der Waals surface area contributed by atoms with Crippen molar-refractivity contribution in [1.82, 2.24) is 10.2 Å². The number of rotatable bonds is 4. The van der Waals surface area contributed by atoms with Crippen molar-refractivity contribution in [3.63, 3.8) is 0 Å². The number of nitrogens with zero attached hydrogens (tertiary/aromatic N) is 1. The Hall–Kier alpha value is -1.62. The van der Waals surface area contributed by atoms with Gasteiger partial charge in [-0.3, -0.25) is 0 Å². The molecule has 2 atom stereocenters. The van der Waals surface area contributed by atoms with Crippen LogP contribution in [0, 0.1) is 5.92 Å². The summed E-state index contributed by atoms with van der Waals surface area (Å²) >= 11 is 0. The van der Waals surface area contributed by atoms with Crippen LogP contribution in [0.2, 0.25) is 0 Å². The van der Waals surface area contributed by atoms with Crippen molar-refractivity contribution in [3.8, 4) is 5.75 Å². The van der Waals surface area contributed by atoms with Gasteiger partial charge in [-0.15, -0.1) is 0 Å². The zero-order valence-corrected chi connectivity index (χ0v) is 13.0. The van der Waals surface area contributed by atoms with Gasteiger partial charge in [-0.2, -0.15) is 0 Å². The molecule has 1 aliphatic heterocycles. The van der Waals surface area contributed by atoms with Gasteiger partial charge in [0.25, 0.3) is 0 Å². The first-order valence-corrected chi connectivity index (χ1v) is 7.98. The molecule has 0 aromatic heterocycles. The van der Waals surface area contributed by atoms with E-state index >= 15 is 0 Å². The molecule has 1 heterocycles. The molecule has 4 nitrogen and oxygen atoms in total. The van der Waals surface area contributed by atoms with Gasteiger partial charge in [-0.25, -0.2) is 0 Å². The average molecular weight is 300 g/mol. The topological polar surface area (TPSA) is 55.7 Å². The van der Waals surface area contributed by atoms with Crippen LogP contribution in [-0.2, 0) is 0 Å². The maximum Gasteiger partial charge on any atom is 0.123 e. The van der Waals surface area contributed by atoms with E-state index in [0.717, 1.165) is 49.1 Å². The minimum atomic E-state index is -0.527. The van der Waals surface area contributed by atoms with Gasteiger partial charge in [0, 0.05) is 38.1 Å². The largest absolute Gasteiger partial charge is 0.507 e. The molecule has 1 fully saturated rings. The Bertz CT molecular complexity index is 638. The Balaban J connectivity index is 1.82. The van der Waals surface area contributed by atoms with Crippen LogP contribution in [0.15, 0.2) is 36.4 Å². The summed E-state index contributed by atoms with van der Waals surface area (Å²) in [6.07, 6.45) is -0.527. The molecule has 0 aliphatic carbocycles. The van der Waals surface area contributed by atoms with Crippen LogP contribution >= 0.6 is 0 Å². The van der Waals surface area contributed by atoms with Crippen LogP contribution < -0.4 is 5.32 Å². The number of hydrogen-bond acceptors (Lipinski definition) is 4. The molecule has 3 rings (SSSR count). The van der Waals surface area contributed by atoms with Gasteiger partial charge in [0.05, 0.1) is 6.10 Å². The van der Waals surface area contributed by atoms with Gasteiger partial charge >= 0.3 is 0 Å². The first kappa shape index (κ1) is 15.3. The Kier molecular flexibility index (Phi) is 4.62. The number of fused-ring (bicyclic) bond motifs is 1. The van der Waals surface area contributed by atoms with Crippen LogP contribution in [0.5, 0.6) is 5.75 Å². The molecule has 1 aliphatic rings. The number of piperazine rings is 1. The van der Waals surface area contributed by atoms with Gasteiger partial charge in [0.2, 0.25) is 0 Å². The Morgan fingerprint density at radius 1 is 1.09 bits per heavy atom. The van der Waals surface area contributed by atoms with E-state index in [1.165, 1.54) is 0 Å². The number of nitrogens with one attached hydrogen (secondary N) is 1. The zero-order chi connectivity index (χ0) is 15.5. The van der Waals surface area contributed by atoms with Crippen LogP contribution in [0.25, 0.3) is 10.8 Å². The minimum absolute atomic E-state index is 0.144. The summed E-state index contributed by atoms with van der Waals surface area (Å²) in [5, 5.41) is 25.8. The summed E-state index contributed by atoms with van der Waals surface area (Å²) in [6.45, 7) is 7.09. The van der Waals surface area contributed by atoms with E-state index in [1.54, 1.807) is 6.07 Å². The number of aromatic hydroxyl groups is 1. The third kappa shape index (κ3) is 3.09. The predicted octanol–water partition coefficient (Wildman–Crippen LogP) is 2.12. The second-order valence-electron chi connectivity index (χ2n) is 6.19. The lowest BCUT2D eigenvalue weighted by Crippen LogP contribution is -2.45. The van der Waals surface area contributed by atoms with E-state index in [-0.39, 0.29) is 11.7 Å². The number of aliphatic hydroxyl groups excluding tert-OH is 1. The molecule has 118 valence electrons. The monoisotopic (exact) mass is 300 g/mol. The molecule has 22 heavy (non-hydrogen) atoms. The van der Waals surface area contributed by atoms with Gasteiger partial charge < -0.3 is 20.4 Å². The highest BCUT2D eigenvalue weighted by Gasteiger charge is 2.22. The lowest BCUT2D eigenvalue weighted by molar-refractivity contribution is 0.0852. The third-order valence-electron chi connectivity index (χ3n) is 4.55. The summed E-state index contributed by atoms with van der Waals surface area (Å²) in [6, 6.07) is 11.2. The minimum Gasteiger partial charge on any atom is -0.507 e. The first-order valence-electron chi connectivity index (χ1n) is 7.98. The molecule has 0 bridgehead atoms. The van der Waals surface area contributed by atoms with Gasteiger partial charge in [0.1, 0.15) is 5.75 Å². The molecule has 0 spiro atoms. The number of benzene rings is 2. The average Bonchev–Trinajstić information content (AvgIpc) is 2.56. The number of phenols is 1. The first-order chi connectivity index (χ1) is 10.7. The Morgan fingerprint density at radius 3 is 2.50 bits per heavy atom. The summed E-state index contributed by atoms with van der Waals surface area (Å²) in [4.78, 5) is 2.40. The molecule has 2 unspecified atom stereocenters. The molecular weight excluding hydrogens is 276 g/mol. The standard InChI is InChI=1S/C18H24N2O2/c1-13(12-20-10-8-19-9-11-20)18(22)16-6-7-17(21)15-5-3-2-4-14(15)16/h2-7,13,18-19,21-22H,8-12H2,1H3. The maximum atomic E-state index is 10.8. The second kappa shape index (κ2) is 6.65. The summed E-state index contributed by atoms with van der Waals surface area (Å²) < 4.78 is 0. The van der Waals surface area contributed by atoms with Crippen molar-refractivity contribution in [3.05, 3.63) is 42.0 Å². The van der Waals surface area contributed by atoms with Crippen molar-refractivity contribution >= 4 is 10.8 Å². The highest BCUT2D eigenvalue weighted by molar-refractivity contribution is 5.91. The SMILES string of the molecule is CC(CN1CCNCC1)C(O)c1ccc(O)c2ccccc12. The summed E-state index contributed by atoms with van der Waals surface area (Å²) in [5.74, 6) is 0.410. The van der Waals surface area contributed by atoms with Crippen LogP contribution in [0.3, 0.4) is 0 Å². The van der Waals surface area contributed by atoms with E-state index in [4.69, 9.17) is 0 Å². The van der Waals surface area contributed by atoms with E-state index in [1.807, 2.05) is 30.3 Å². The molecule has 0 radical (unpaired) electrons. The zero-order valence-electron chi connectivity index (χ0n) is 13.0. The Labute approximate surface area is 131 Å². The van der Waals surface area contributed by atoms with Crippen molar-refractivity contribution < 1.29 is 10.2 Å². The van der Waals surface area contributed by atoms with Crippen molar-refractivity contribution in [2.45, 2.75) is 13.0 Å². The van der Waals surface area contributed by atoms with Crippen LogP contribution in [-0.4, -0.2) is 47.8 Å². The normalized spacial score (nSPS) is 19.2. The molecule has 1 saturated heterocycles. The Morgan fingerprint density at radius 2 is 1.77 bits per heavy atom. The third-order valence-corrected chi connectivity index (χ3v) is 4.55. The van der Waals surface area contributed by atoms with E-state index in [2.05, 4.69) is 17.1 Å². The lowest BCUT2D eigenvalue weighted by Gasteiger charge is -2.31. The number of phenolic OH excluding ortho intramolecular Hbond substituents is 1. The van der Waals surface area contributed by atoms with Crippen molar-refractivity contribution in [2.24, 2.45) is 5.92 Å². The summed E-state index contributed by atoms with van der Waals surface area (Å²) in [7, 11) is 0. The second-order valence-corrected chi connectivity index (χ2v) is 6.19. The van der Waals surface area contributed by atoms with Crippen LogP contribution in [0.4, 0.5) is 0 Å². The van der Waals surface area contributed by atoms with Gasteiger partial charge in [0.15, 0.2) is 0 Å². The number of aliphatic hydroxyl groups is 1. The molecular formula is C18H24N2O2. The van der Waals surface area contributed by atoms with Gasteiger partial charge in [-0.1, -0.05) is 37.3 Å². The van der Waals surface area contributed by atoms with E-state index < -0.39 is 6.10 Å². The fraction of sp³-hybridized carbons (Fsp3) is 0.444. The van der Waals surface area contributed by atoms with Crippen molar-refractivity contribution in [2.75, 3.05) is 32.7 Å². The van der Waals surface area contributed by atoms with E-state index in [9.17, 15) is 10.2 Å². The highest BCUT2D eigenvalue weighted by atomic mass is 16.3. The fourth-order valence-corrected chi connectivity index (χ4v) is 3.27. The molecule has 3 N–H and O–H groups in total. The maximum absolute atomic E-state index is 10.8. The molecule has 2 aromatic carbocycles. The van der Waals surface area contributed by atoms with Gasteiger partial charge in [-0.05, 0) is 22.9 Å². The smallest absolute Gasteiger partial charge is 0.123 e. The molecule has 0 saturated carbocycles. The molecule has 4 heteroatoms. The predicted molar refractivity (Wildman–Crippen MR) is 89.0 cm³/mol. The fourth-order valence-electron chi connectivity index (χ4n) is 3.27. The van der Waals surface area contributed by atoms with E-state index in [0.29, 0.717) is 0 Å². The lowest BCUT2D eigenvalue weighted by atomic mass is 9.92.